The molecule has 1 fully saturated rings. The highest BCUT2D eigenvalue weighted by molar-refractivity contribution is 5.84. The van der Waals surface area contributed by atoms with Crippen molar-refractivity contribution in [1.29, 1.82) is 5.26 Å². The van der Waals surface area contributed by atoms with Gasteiger partial charge in [-0.1, -0.05) is 32.0 Å². The van der Waals surface area contributed by atoms with Crippen LogP contribution in [0.4, 0.5) is 0 Å². The summed E-state index contributed by atoms with van der Waals surface area (Å²) in [5.74, 6) is 0. The second kappa shape index (κ2) is 5.54. The van der Waals surface area contributed by atoms with Crippen LogP contribution < -0.4 is 5.32 Å². The molecule has 3 heteroatoms. The lowest BCUT2D eigenvalue weighted by Gasteiger charge is -2.13. The molecule has 0 unspecified atom stereocenters. The molecule has 0 bridgehead atoms. The Labute approximate surface area is 126 Å². The molecule has 0 spiro atoms. The predicted octanol–water partition coefficient (Wildman–Crippen LogP) is 3.83. The van der Waals surface area contributed by atoms with Gasteiger partial charge in [-0.3, -0.25) is 0 Å². The van der Waals surface area contributed by atoms with E-state index in [0.717, 1.165) is 13.1 Å². The lowest BCUT2D eigenvalue weighted by atomic mass is 10.0. The largest absolute Gasteiger partial charge is 0.347 e. The molecule has 1 saturated carbocycles. The Hall–Kier alpha value is -1.79. The first-order chi connectivity index (χ1) is 10.1. The van der Waals surface area contributed by atoms with E-state index in [0.29, 0.717) is 12.5 Å². The van der Waals surface area contributed by atoms with E-state index >= 15 is 0 Å². The van der Waals surface area contributed by atoms with Crippen molar-refractivity contribution < 1.29 is 0 Å². The van der Waals surface area contributed by atoms with Crippen molar-refractivity contribution in [2.75, 3.05) is 0 Å². The maximum atomic E-state index is 9.01. The molecule has 3 nitrogen and oxygen atoms in total. The van der Waals surface area contributed by atoms with E-state index in [1.165, 1.54) is 29.3 Å². The van der Waals surface area contributed by atoms with Crippen LogP contribution in [0.1, 0.15) is 38.7 Å². The van der Waals surface area contributed by atoms with Crippen LogP contribution in [0.2, 0.25) is 0 Å². The summed E-state index contributed by atoms with van der Waals surface area (Å²) in [4.78, 5) is 0. The predicted molar refractivity (Wildman–Crippen MR) is 85.8 cm³/mol. The molecule has 2 aromatic rings. The lowest BCUT2D eigenvalue weighted by molar-refractivity contribution is 0.439. The Morgan fingerprint density at radius 3 is 2.76 bits per heavy atom. The van der Waals surface area contributed by atoms with Gasteiger partial charge in [0.15, 0.2) is 0 Å². The number of aromatic nitrogens is 1. The number of nitriles is 1. The third kappa shape index (κ3) is 2.96. The molecular formula is C18H23N3. The van der Waals surface area contributed by atoms with Gasteiger partial charge < -0.3 is 9.88 Å². The number of hydrogen-bond donors (Lipinski definition) is 1. The van der Waals surface area contributed by atoms with E-state index in [1.54, 1.807) is 0 Å². The summed E-state index contributed by atoms with van der Waals surface area (Å²) < 4.78 is 2.36. The number of hydrogen-bond acceptors (Lipinski definition) is 2. The Bertz CT molecular complexity index is 671. The van der Waals surface area contributed by atoms with E-state index in [9.17, 15) is 0 Å². The maximum absolute atomic E-state index is 9.01. The summed E-state index contributed by atoms with van der Waals surface area (Å²) >= 11 is 0. The first-order valence-corrected chi connectivity index (χ1v) is 7.81. The molecule has 1 aromatic heterocycles. The average molecular weight is 281 g/mol. The number of benzene rings is 1. The van der Waals surface area contributed by atoms with Crippen LogP contribution >= 0.6 is 0 Å². The molecule has 0 aliphatic heterocycles. The van der Waals surface area contributed by atoms with Gasteiger partial charge >= 0.3 is 0 Å². The molecule has 110 valence electrons. The molecule has 1 aliphatic rings. The molecule has 3 rings (SSSR count). The van der Waals surface area contributed by atoms with E-state index in [-0.39, 0.29) is 5.41 Å². The zero-order valence-electron chi connectivity index (χ0n) is 12.9. The Morgan fingerprint density at radius 2 is 2.10 bits per heavy atom. The van der Waals surface area contributed by atoms with Crippen LogP contribution in [-0.4, -0.2) is 10.6 Å². The van der Waals surface area contributed by atoms with Crippen LogP contribution in [0.25, 0.3) is 10.9 Å². The van der Waals surface area contributed by atoms with E-state index in [2.05, 4.69) is 60.3 Å². The fraction of sp³-hybridized carbons (Fsp3) is 0.500. The van der Waals surface area contributed by atoms with Crippen molar-refractivity contribution in [3.63, 3.8) is 0 Å². The highest BCUT2D eigenvalue weighted by atomic mass is 15.0. The van der Waals surface area contributed by atoms with Gasteiger partial charge in [0.05, 0.1) is 6.07 Å². The fourth-order valence-corrected chi connectivity index (χ4v) is 3.01. The van der Waals surface area contributed by atoms with Crippen molar-refractivity contribution >= 4 is 10.9 Å². The van der Waals surface area contributed by atoms with Crippen LogP contribution in [-0.2, 0) is 13.1 Å². The summed E-state index contributed by atoms with van der Waals surface area (Å²) in [6.45, 7) is 6.22. The van der Waals surface area contributed by atoms with Gasteiger partial charge in [0.2, 0.25) is 0 Å². The second-order valence-corrected chi connectivity index (χ2v) is 6.67. The van der Waals surface area contributed by atoms with Gasteiger partial charge in [-0.05, 0) is 24.5 Å². The lowest BCUT2D eigenvalue weighted by Crippen LogP contribution is -2.21. The first-order valence-electron chi connectivity index (χ1n) is 7.81. The van der Waals surface area contributed by atoms with Gasteiger partial charge in [-0.25, -0.2) is 0 Å². The van der Waals surface area contributed by atoms with E-state index in [1.807, 2.05) is 0 Å². The van der Waals surface area contributed by atoms with Gasteiger partial charge in [-0.15, -0.1) is 0 Å². The molecule has 0 atom stereocenters. The fourth-order valence-electron chi connectivity index (χ4n) is 3.01. The monoisotopic (exact) mass is 281 g/mol. The summed E-state index contributed by atoms with van der Waals surface area (Å²) in [6, 6.07) is 11.4. The molecule has 0 amide bonds. The third-order valence-corrected chi connectivity index (χ3v) is 4.49. The number of rotatable bonds is 6. The summed E-state index contributed by atoms with van der Waals surface area (Å²) in [5, 5.41) is 13.9. The molecule has 1 heterocycles. The normalized spacial score (nSPS) is 16.3. The Kier molecular flexibility index (Phi) is 3.73. The van der Waals surface area contributed by atoms with Crippen LogP contribution in [0.15, 0.2) is 30.5 Å². The van der Waals surface area contributed by atoms with Crippen molar-refractivity contribution in [2.24, 2.45) is 5.41 Å². The van der Waals surface area contributed by atoms with Gasteiger partial charge in [-0.2, -0.15) is 5.26 Å². The van der Waals surface area contributed by atoms with Crippen molar-refractivity contribution in [3.8, 4) is 6.07 Å². The average Bonchev–Trinajstić information content (AvgIpc) is 3.13. The Balaban J connectivity index is 1.90. The van der Waals surface area contributed by atoms with E-state index < -0.39 is 0 Å². The van der Waals surface area contributed by atoms with Crippen molar-refractivity contribution in [2.45, 2.75) is 52.2 Å². The van der Waals surface area contributed by atoms with Gasteiger partial charge in [0.25, 0.3) is 0 Å². The van der Waals surface area contributed by atoms with Crippen LogP contribution in [0.3, 0.4) is 0 Å². The number of para-hydroxylation sites is 1. The molecular weight excluding hydrogens is 258 g/mol. The SMILES string of the molecule is CC(C)NCc1cn(CC2(CC#N)CC2)c2ccccc12. The minimum atomic E-state index is 0.235. The van der Waals surface area contributed by atoms with Crippen LogP contribution in [0, 0.1) is 16.7 Å². The first kappa shape index (κ1) is 14.2. The summed E-state index contributed by atoms with van der Waals surface area (Å²) in [5.41, 5.74) is 2.88. The minimum absolute atomic E-state index is 0.235. The molecule has 21 heavy (non-hydrogen) atoms. The van der Waals surface area contributed by atoms with Gasteiger partial charge in [0.1, 0.15) is 0 Å². The van der Waals surface area contributed by atoms with Gasteiger partial charge in [0, 0.05) is 48.1 Å². The quantitative estimate of drug-likeness (QED) is 0.874. The number of fused-ring (bicyclic) bond motifs is 1. The van der Waals surface area contributed by atoms with Crippen molar-refractivity contribution in [3.05, 3.63) is 36.0 Å². The zero-order chi connectivity index (χ0) is 14.9. The smallest absolute Gasteiger partial charge is 0.0628 e. The highest BCUT2D eigenvalue weighted by Gasteiger charge is 2.42. The molecule has 1 aromatic carbocycles. The molecule has 1 N–H and O–H groups in total. The van der Waals surface area contributed by atoms with Crippen molar-refractivity contribution in [1.82, 2.24) is 9.88 Å². The highest BCUT2D eigenvalue weighted by Crippen LogP contribution is 2.50. The molecule has 1 aliphatic carbocycles. The number of nitrogens with one attached hydrogen (secondary N) is 1. The summed E-state index contributed by atoms with van der Waals surface area (Å²) in [7, 11) is 0. The molecule has 0 saturated heterocycles. The van der Waals surface area contributed by atoms with E-state index in [4.69, 9.17) is 5.26 Å². The topological polar surface area (TPSA) is 40.8 Å². The summed E-state index contributed by atoms with van der Waals surface area (Å²) in [6.07, 6.45) is 5.33. The maximum Gasteiger partial charge on any atom is 0.0628 e. The zero-order valence-corrected chi connectivity index (χ0v) is 12.9. The van der Waals surface area contributed by atoms with Crippen LogP contribution in [0.5, 0.6) is 0 Å². The second-order valence-electron chi connectivity index (χ2n) is 6.67. The standard InChI is InChI=1S/C18H23N3/c1-14(2)20-11-15-12-21(13-18(7-8-18)9-10-19)17-6-4-3-5-16(15)17/h3-6,12,14,20H,7-9,11,13H2,1-2H3. The Morgan fingerprint density at radius 1 is 1.33 bits per heavy atom. The minimum Gasteiger partial charge on any atom is -0.347 e. The number of nitrogens with zero attached hydrogens (tertiary/aromatic N) is 2. The molecule has 0 radical (unpaired) electrons. The third-order valence-electron chi connectivity index (χ3n) is 4.49.